The van der Waals surface area contributed by atoms with Gasteiger partial charge in [-0.25, -0.2) is 5.90 Å². The SMILES string of the molecule is Cc1ccc(N2CCCC2CON)cc1Cl. The van der Waals surface area contributed by atoms with Gasteiger partial charge in [0.05, 0.1) is 12.6 Å². The highest BCUT2D eigenvalue weighted by molar-refractivity contribution is 6.31. The molecule has 1 atom stereocenters. The van der Waals surface area contributed by atoms with E-state index in [-0.39, 0.29) is 0 Å². The highest BCUT2D eigenvalue weighted by atomic mass is 35.5. The van der Waals surface area contributed by atoms with E-state index in [9.17, 15) is 0 Å². The summed E-state index contributed by atoms with van der Waals surface area (Å²) in [5.74, 6) is 5.15. The molecule has 1 unspecified atom stereocenters. The lowest BCUT2D eigenvalue weighted by atomic mass is 10.2. The zero-order chi connectivity index (χ0) is 11.5. The van der Waals surface area contributed by atoms with Crippen LogP contribution in [0.2, 0.25) is 5.02 Å². The van der Waals surface area contributed by atoms with Gasteiger partial charge in [0, 0.05) is 17.3 Å². The second-order valence-electron chi connectivity index (χ2n) is 4.26. The van der Waals surface area contributed by atoms with Crippen molar-refractivity contribution in [2.45, 2.75) is 25.8 Å². The number of benzene rings is 1. The summed E-state index contributed by atoms with van der Waals surface area (Å²) in [6, 6.07) is 6.56. The minimum Gasteiger partial charge on any atom is -0.366 e. The first-order valence-corrected chi connectivity index (χ1v) is 5.94. The lowest BCUT2D eigenvalue weighted by molar-refractivity contribution is 0.124. The molecular formula is C12H17ClN2O. The molecule has 2 rings (SSSR count). The van der Waals surface area contributed by atoms with Gasteiger partial charge in [-0.15, -0.1) is 0 Å². The lowest BCUT2D eigenvalue weighted by Crippen LogP contribution is -2.33. The van der Waals surface area contributed by atoms with E-state index in [1.165, 1.54) is 6.42 Å². The standard InChI is InChI=1S/C12H17ClN2O/c1-9-4-5-10(7-12(9)13)15-6-2-3-11(15)8-16-14/h4-5,7,11H,2-3,6,8,14H2,1H3. The molecule has 0 amide bonds. The third-order valence-corrected chi connectivity index (χ3v) is 3.56. The molecule has 1 aromatic carbocycles. The Morgan fingerprint density at radius 1 is 1.56 bits per heavy atom. The summed E-state index contributed by atoms with van der Waals surface area (Å²) in [7, 11) is 0. The maximum Gasteiger partial charge on any atom is 0.0882 e. The van der Waals surface area contributed by atoms with Gasteiger partial charge in [0.1, 0.15) is 0 Å². The van der Waals surface area contributed by atoms with E-state index in [1.54, 1.807) is 0 Å². The quantitative estimate of drug-likeness (QED) is 0.826. The monoisotopic (exact) mass is 240 g/mol. The molecule has 1 heterocycles. The number of anilines is 1. The predicted molar refractivity (Wildman–Crippen MR) is 66.7 cm³/mol. The molecule has 0 spiro atoms. The van der Waals surface area contributed by atoms with E-state index < -0.39 is 0 Å². The Hall–Kier alpha value is -0.770. The van der Waals surface area contributed by atoms with Gasteiger partial charge < -0.3 is 9.74 Å². The first kappa shape index (κ1) is 11.7. The van der Waals surface area contributed by atoms with Gasteiger partial charge in [0.15, 0.2) is 0 Å². The summed E-state index contributed by atoms with van der Waals surface area (Å²) in [6.45, 7) is 3.63. The number of hydrogen-bond donors (Lipinski definition) is 1. The molecule has 1 aliphatic heterocycles. The molecule has 1 saturated heterocycles. The van der Waals surface area contributed by atoms with Crippen molar-refractivity contribution < 1.29 is 4.84 Å². The summed E-state index contributed by atoms with van der Waals surface area (Å²) in [6.07, 6.45) is 2.31. The lowest BCUT2D eigenvalue weighted by Gasteiger charge is -2.26. The topological polar surface area (TPSA) is 38.5 Å². The van der Waals surface area contributed by atoms with Gasteiger partial charge in [-0.1, -0.05) is 17.7 Å². The number of aryl methyl sites for hydroxylation is 1. The normalized spacial score (nSPS) is 20.4. The van der Waals surface area contributed by atoms with Crippen molar-refractivity contribution >= 4 is 17.3 Å². The van der Waals surface area contributed by atoms with E-state index in [1.807, 2.05) is 13.0 Å². The van der Waals surface area contributed by atoms with Crippen LogP contribution in [0.3, 0.4) is 0 Å². The van der Waals surface area contributed by atoms with Crippen LogP contribution < -0.4 is 10.8 Å². The largest absolute Gasteiger partial charge is 0.366 e. The zero-order valence-corrected chi connectivity index (χ0v) is 10.2. The Morgan fingerprint density at radius 3 is 3.06 bits per heavy atom. The number of rotatable bonds is 3. The molecule has 3 nitrogen and oxygen atoms in total. The van der Waals surface area contributed by atoms with Crippen LogP contribution in [0.4, 0.5) is 5.69 Å². The molecule has 2 N–H and O–H groups in total. The molecule has 0 saturated carbocycles. The summed E-state index contributed by atoms with van der Waals surface area (Å²) in [5.41, 5.74) is 2.27. The Morgan fingerprint density at radius 2 is 2.38 bits per heavy atom. The van der Waals surface area contributed by atoms with Gasteiger partial charge in [0.2, 0.25) is 0 Å². The fourth-order valence-corrected chi connectivity index (χ4v) is 2.40. The van der Waals surface area contributed by atoms with E-state index in [0.29, 0.717) is 12.6 Å². The summed E-state index contributed by atoms with van der Waals surface area (Å²) < 4.78 is 0. The molecule has 0 aliphatic carbocycles. The van der Waals surface area contributed by atoms with Crippen LogP contribution in [0.25, 0.3) is 0 Å². The molecule has 16 heavy (non-hydrogen) atoms. The minimum atomic E-state index is 0.378. The molecule has 4 heteroatoms. The van der Waals surface area contributed by atoms with Crippen molar-refractivity contribution in [2.75, 3.05) is 18.1 Å². The van der Waals surface area contributed by atoms with E-state index >= 15 is 0 Å². The van der Waals surface area contributed by atoms with Crippen LogP contribution in [0.5, 0.6) is 0 Å². The number of nitrogens with two attached hydrogens (primary N) is 1. The zero-order valence-electron chi connectivity index (χ0n) is 9.45. The maximum atomic E-state index is 6.13. The summed E-state index contributed by atoms with van der Waals surface area (Å²) >= 11 is 6.13. The highest BCUT2D eigenvalue weighted by Gasteiger charge is 2.24. The second kappa shape index (κ2) is 5.04. The minimum absolute atomic E-state index is 0.378. The molecule has 1 fully saturated rings. The third kappa shape index (κ3) is 2.32. The Balaban J connectivity index is 2.19. The van der Waals surface area contributed by atoms with Crippen LogP contribution in [0, 0.1) is 6.92 Å². The molecule has 0 radical (unpaired) electrons. The Bertz CT molecular complexity index is 370. The summed E-state index contributed by atoms with van der Waals surface area (Å²) in [5, 5.41) is 0.816. The van der Waals surface area contributed by atoms with Gasteiger partial charge in [-0.2, -0.15) is 0 Å². The molecule has 88 valence electrons. The first-order chi connectivity index (χ1) is 7.72. The fraction of sp³-hybridized carbons (Fsp3) is 0.500. The van der Waals surface area contributed by atoms with Crippen molar-refractivity contribution in [1.82, 2.24) is 0 Å². The fourth-order valence-electron chi connectivity index (χ4n) is 2.22. The Kier molecular flexibility index (Phi) is 3.69. The van der Waals surface area contributed by atoms with Crippen LogP contribution in [-0.2, 0) is 4.84 Å². The first-order valence-electron chi connectivity index (χ1n) is 5.57. The summed E-state index contributed by atoms with van der Waals surface area (Å²) in [4.78, 5) is 7.07. The van der Waals surface area contributed by atoms with Crippen molar-refractivity contribution in [3.8, 4) is 0 Å². The average Bonchev–Trinajstić information content (AvgIpc) is 2.71. The average molecular weight is 241 g/mol. The maximum absolute atomic E-state index is 6.13. The molecule has 0 bridgehead atoms. The van der Waals surface area contributed by atoms with Crippen molar-refractivity contribution in [3.05, 3.63) is 28.8 Å². The second-order valence-corrected chi connectivity index (χ2v) is 4.66. The smallest absolute Gasteiger partial charge is 0.0882 e. The van der Waals surface area contributed by atoms with Crippen molar-refractivity contribution in [1.29, 1.82) is 0 Å². The molecular weight excluding hydrogens is 224 g/mol. The highest BCUT2D eigenvalue weighted by Crippen LogP contribution is 2.29. The molecule has 0 aromatic heterocycles. The van der Waals surface area contributed by atoms with Crippen molar-refractivity contribution in [2.24, 2.45) is 5.90 Å². The van der Waals surface area contributed by atoms with E-state index in [0.717, 1.165) is 29.2 Å². The van der Waals surface area contributed by atoms with Crippen LogP contribution in [0.1, 0.15) is 18.4 Å². The van der Waals surface area contributed by atoms with E-state index in [2.05, 4.69) is 17.0 Å². The third-order valence-electron chi connectivity index (χ3n) is 3.15. The van der Waals surface area contributed by atoms with Crippen LogP contribution in [-0.4, -0.2) is 19.2 Å². The van der Waals surface area contributed by atoms with Gasteiger partial charge in [-0.05, 0) is 37.5 Å². The van der Waals surface area contributed by atoms with Crippen LogP contribution >= 0.6 is 11.6 Å². The molecule has 1 aliphatic rings. The number of hydrogen-bond acceptors (Lipinski definition) is 3. The number of halogens is 1. The van der Waals surface area contributed by atoms with E-state index in [4.69, 9.17) is 22.3 Å². The van der Waals surface area contributed by atoms with Crippen LogP contribution in [0.15, 0.2) is 18.2 Å². The van der Waals surface area contributed by atoms with Crippen molar-refractivity contribution in [3.63, 3.8) is 0 Å². The van der Waals surface area contributed by atoms with Gasteiger partial charge in [-0.3, -0.25) is 0 Å². The molecule has 1 aromatic rings. The Labute approximate surface area is 101 Å². The number of nitrogens with zero attached hydrogens (tertiary/aromatic N) is 1. The van der Waals surface area contributed by atoms with Gasteiger partial charge in [0.25, 0.3) is 0 Å². The predicted octanol–water partition coefficient (Wildman–Crippen LogP) is 2.51. The van der Waals surface area contributed by atoms with Gasteiger partial charge >= 0.3 is 0 Å².